The first-order valence-electron chi connectivity index (χ1n) is 17.0. The zero-order chi connectivity index (χ0) is 42.4. The van der Waals surface area contributed by atoms with Crippen molar-refractivity contribution in [3.63, 3.8) is 0 Å². The predicted molar refractivity (Wildman–Crippen MR) is 197 cm³/mol. The largest absolute Gasteiger partial charge is 0.480 e. The Kier molecular flexibility index (Phi) is 22.0. The van der Waals surface area contributed by atoms with Gasteiger partial charge in [-0.3, -0.25) is 48.3 Å². The molecule has 0 rings (SSSR count). The molecule has 8 amide bonds. The van der Waals surface area contributed by atoms with Crippen LogP contribution in [0.25, 0.3) is 0 Å². The monoisotopic (exact) mass is 785 g/mol. The van der Waals surface area contributed by atoms with E-state index in [2.05, 4.69) is 47.2 Å². The Morgan fingerprint density at radius 2 is 0.855 bits per heavy atom. The Bertz CT molecular complexity index is 1450. The minimum Gasteiger partial charge on any atom is -0.480 e. The molecule has 0 fully saturated rings. The van der Waals surface area contributed by atoms with Gasteiger partial charge in [-0.25, -0.2) is 4.79 Å². The zero-order valence-corrected chi connectivity index (χ0v) is 31.2. The molecule has 0 aromatic carbocycles. The number of carbonyl (C=O) groups is 9. The van der Waals surface area contributed by atoms with Crippen LogP contribution in [0.2, 0.25) is 0 Å². The van der Waals surface area contributed by atoms with Crippen molar-refractivity contribution in [2.45, 2.75) is 102 Å². The van der Waals surface area contributed by atoms with Gasteiger partial charge in [0.15, 0.2) is 11.9 Å². The molecule has 0 saturated heterocycles. The summed E-state index contributed by atoms with van der Waals surface area (Å²) in [7, 11) is 0. The maximum Gasteiger partial charge on any atom is 0.326 e. The van der Waals surface area contributed by atoms with E-state index in [9.17, 15) is 48.3 Å². The second-order valence-corrected chi connectivity index (χ2v) is 12.3. The van der Waals surface area contributed by atoms with E-state index in [-0.39, 0.29) is 50.7 Å². The number of primary amides is 1. The summed E-state index contributed by atoms with van der Waals surface area (Å²) in [5.41, 5.74) is 31.5. The average molecular weight is 786 g/mol. The molecule has 0 aliphatic carbocycles. The third-order valence-corrected chi connectivity index (χ3v) is 7.39. The van der Waals surface area contributed by atoms with Crippen LogP contribution in [-0.2, 0) is 43.2 Å². The van der Waals surface area contributed by atoms with E-state index in [4.69, 9.17) is 34.4 Å². The van der Waals surface area contributed by atoms with Gasteiger partial charge in [0, 0.05) is 13.1 Å². The van der Waals surface area contributed by atoms with Crippen molar-refractivity contribution in [1.29, 1.82) is 0 Å². The van der Waals surface area contributed by atoms with Crippen LogP contribution in [0.15, 0.2) is 9.98 Å². The van der Waals surface area contributed by atoms with Crippen molar-refractivity contribution in [2.24, 2.45) is 44.4 Å². The smallest absolute Gasteiger partial charge is 0.326 e. The lowest BCUT2D eigenvalue weighted by Crippen LogP contribution is -2.58. The molecule has 310 valence electrons. The van der Waals surface area contributed by atoms with Crippen molar-refractivity contribution < 1.29 is 48.3 Å². The molecule has 0 spiro atoms. The van der Waals surface area contributed by atoms with Crippen LogP contribution in [0.1, 0.15) is 59.8 Å². The van der Waals surface area contributed by atoms with E-state index in [0.717, 1.165) is 0 Å². The minimum absolute atomic E-state index is 0.0213. The molecule has 0 aliphatic heterocycles. The number of nitrogens with zero attached hydrogens (tertiary/aromatic N) is 2. The van der Waals surface area contributed by atoms with Gasteiger partial charge in [0.2, 0.25) is 47.3 Å². The molecule has 0 aromatic rings. The summed E-state index contributed by atoms with van der Waals surface area (Å²) in [6.45, 7) is 4.88. The highest BCUT2D eigenvalue weighted by molar-refractivity contribution is 5.97. The Morgan fingerprint density at radius 3 is 1.22 bits per heavy atom. The Morgan fingerprint density at radius 1 is 0.509 bits per heavy atom. The van der Waals surface area contributed by atoms with Crippen LogP contribution in [-0.4, -0.2) is 132 Å². The van der Waals surface area contributed by atoms with E-state index in [1.165, 1.54) is 27.7 Å². The Labute approximate surface area is 316 Å². The lowest BCUT2D eigenvalue weighted by atomic mass is 10.1. The van der Waals surface area contributed by atoms with Crippen LogP contribution < -0.4 is 71.6 Å². The summed E-state index contributed by atoms with van der Waals surface area (Å²) in [6, 6.07) is -9.01. The van der Waals surface area contributed by atoms with Crippen molar-refractivity contribution in [3.8, 4) is 0 Å². The van der Waals surface area contributed by atoms with Gasteiger partial charge in [0.05, 0.1) is 13.0 Å². The van der Waals surface area contributed by atoms with Gasteiger partial charge in [0.25, 0.3) is 0 Å². The number of hydrogen-bond acceptors (Lipinski definition) is 12. The second kappa shape index (κ2) is 24.9. The first kappa shape index (κ1) is 48.7. The molecule has 0 heterocycles. The van der Waals surface area contributed by atoms with Crippen molar-refractivity contribution in [1.82, 2.24) is 37.2 Å². The number of carbonyl (C=O) groups excluding carboxylic acids is 8. The molecule has 0 saturated carbocycles. The van der Waals surface area contributed by atoms with Gasteiger partial charge in [0.1, 0.15) is 42.3 Å². The third-order valence-electron chi connectivity index (χ3n) is 7.39. The summed E-state index contributed by atoms with van der Waals surface area (Å²) < 4.78 is 0. The van der Waals surface area contributed by atoms with E-state index in [1.807, 2.05) is 0 Å². The highest BCUT2D eigenvalue weighted by Crippen LogP contribution is 2.05. The number of aliphatic carboxylic acids is 1. The Hall–Kier alpha value is -6.27. The molecule has 25 heteroatoms. The fourth-order valence-corrected chi connectivity index (χ4v) is 4.36. The number of carboxylic acid groups (broad SMARTS) is 1. The van der Waals surface area contributed by atoms with E-state index < -0.39 is 108 Å². The van der Waals surface area contributed by atoms with Gasteiger partial charge in [-0.05, 0) is 53.4 Å². The van der Waals surface area contributed by atoms with Gasteiger partial charge in [-0.1, -0.05) is 0 Å². The number of hydrogen-bond donors (Lipinski definition) is 14. The standard InChI is InChI=1S/C30H55N15O10/c1-13(40-24(50)15(3)42-27(53)19(11-20(32)46)43-21(47)12-31)22(48)39-14(2)23(49)41-16(4)25(51)44-17(7-5-9-37-29(33)34)26(52)45-18(28(54)55)8-6-10-38-30(35)36/h13-19H,5-12,31H2,1-4H3,(H2,32,46)(H,39,48)(H,40,50)(H,41,49)(H,42,53)(H,43,47)(H,44,51)(H,45,52)(H,54,55)(H4,33,34,37)(H4,35,36,38). The van der Waals surface area contributed by atoms with Gasteiger partial charge < -0.3 is 76.7 Å². The fraction of sp³-hybridized carbons (Fsp3) is 0.633. The van der Waals surface area contributed by atoms with Crippen LogP contribution in [0, 0.1) is 0 Å². The quantitative estimate of drug-likeness (QED) is 0.0232. The number of amides is 8. The molecule has 0 aromatic heterocycles. The summed E-state index contributed by atoms with van der Waals surface area (Å²) in [5, 5.41) is 26.0. The first-order chi connectivity index (χ1) is 25.6. The number of aliphatic imine (C=N–C) groups is 2. The molecule has 7 atom stereocenters. The van der Waals surface area contributed by atoms with Crippen molar-refractivity contribution in [3.05, 3.63) is 0 Å². The van der Waals surface area contributed by atoms with Crippen LogP contribution in [0.3, 0.4) is 0 Å². The number of rotatable bonds is 25. The van der Waals surface area contributed by atoms with Gasteiger partial charge in [-0.2, -0.15) is 0 Å². The minimum atomic E-state index is -1.41. The molecular weight excluding hydrogens is 730 g/mol. The fourth-order valence-electron chi connectivity index (χ4n) is 4.36. The molecular formula is C30H55N15O10. The first-order valence-corrected chi connectivity index (χ1v) is 17.0. The average Bonchev–Trinajstić information content (AvgIpc) is 3.09. The Balaban J connectivity index is 5.38. The summed E-state index contributed by atoms with van der Waals surface area (Å²) in [6.07, 6.45) is -0.208. The number of guanidine groups is 2. The van der Waals surface area contributed by atoms with Crippen LogP contribution >= 0.6 is 0 Å². The maximum atomic E-state index is 13.1. The SMILES string of the molecule is CC(NC(=O)C(C)NC(=O)C(C)NC(=O)C(CC(N)=O)NC(=O)CN)C(=O)NC(C)C(=O)NC(CCCN=C(N)N)C(=O)NC(CCCN=C(N)N)C(=O)O. The summed E-state index contributed by atoms with van der Waals surface area (Å²) in [5.74, 6) is -8.43. The second-order valence-electron chi connectivity index (χ2n) is 12.3. The molecule has 25 nitrogen and oxygen atoms in total. The maximum absolute atomic E-state index is 13.1. The molecule has 0 radical (unpaired) electrons. The number of nitrogens with two attached hydrogens (primary N) is 6. The number of carboxylic acids is 1. The van der Waals surface area contributed by atoms with Gasteiger partial charge >= 0.3 is 5.97 Å². The normalized spacial score (nSPS) is 14.3. The molecule has 7 unspecified atom stereocenters. The lowest BCUT2D eigenvalue weighted by molar-refractivity contribution is -0.142. The highest BCUT2D eigenvalue weighted by Gasteiger charge is 2.30. The highest BCUT2D eigenvalue weighted by atomic mass is 16.4. The number of nitrogens with one attached hydrogen (secondary N) is 7. The third kappa shape index (κ3) is 20.5. The zero-order valence-electron chi connectivity index (χ0n) is 31.2. The summed E-state index contributed by atoms with van der Waals surface area (Å²) in [4.78, 5) is 119. The molecule has 20 N–H and O–H groups in total. The lowest BCUT2D eigenvalue weighted by Gasteiger charge is -2.24. The van der Waals surface area contributed by atoms with Crippen LogP contribution in [0.4, 0.5) is 0 Å². The van der Waals surface area contributed by atoms with Crippen molar-refractivity contribution in [2.75, 3.05) is 19.6 Å². The van der Waals surface area contributed by atoms with Gasteiger partial charge in [-0.15, -0.1) is 0 Å². The van der Waals surface area contributed by atoms with E-state index in [0.29, 0.717) is 0 Å². The van der Waals surface area contributed by atoms with Crippen molar-refractivity contribution >= 4 is 65.1 Å². The summed E-state index contributed by atoms with van der Waals surface area (Å²) >= 11 is 0. The molecule has 0 aliphatic rings. The van der Waals surface area contributed by atoms with Crippen LogP contribution in [0.5, 0.6) is 0 Å². The van der Waals surface area contributed by atoms with E-state index in [1.54, 1.807) is 0 Å². The predicted octanol–water partition coefficient (Wildman–Crippen LogP) is -7.51. The molecule has 0 bridgehead atoms. The molecule has 55 heavy (non-hydrogen) atoms. The van der Waals surface area contributed by atoms with E-state index >= 15 is 0 Å². The topological polar surface area (TPSA) is 439 Å².